The lowest BCUT2D eigenvalue weighted by atomic mass is 10.1. The van der Waals surface area contributed by atoms with Gasteiger partial charge in [0, 0.05) is 12.1 Å². The molecule has 2 aromatic rings. The fourth-order valence-corrected chi connectivity index (χ4v) is 1.70. The zero-order valence-corrected chi connectivity index (χ0v) is 11.2. The third-order valence-corrected chi connectivity index (χ3v) is 2.63. The number of halogens is 1. The number of methoxy groups -OCH3 is 1. The van der Waals surface area contributed by atoms with Gasteiger partial charge >= 0.3 is 5.97 Å². The number of carbonyl (C=O) groups is 1. The van der Waals surface area contributed by atoms with E-state index in [9.17, 15) is 9.18 Å². The lowest BCUT2D eigenvalue weighted by Gasteiger charge is -2.10. The molecule has 0 unspecified atom stereocenters. The lowest BCUT2D eigenvalue weighted by molar-refractivity contribution is 0.0593. The van der Waals surface area contributed by atoms with Gasteiger partial charge in [-0.05, 0) is 31.2 Å². The van der Waals surface area contributed by atoms with Gasteiger partial charge in [-0.25, -0.2) is 19.2 Å². The summed E-state index contributed by atoms with van der Waals surface area (Å²) in [7, 11) is 1.28. The number of aromatic nitrogens is 2. The van der Waals surface area contributed by atoms with Gasteiger partial charge in [-0.3, -0.25) is 0 Å². The predicted octanol–water partition coefficient (Wildman–Crippen LogP) is 2.50. The number of nitrogens with one attached hydrogen (secondary N) is 1. The van der Waals surface area contributed by atoms with Crippen LogP contribution >= 0.6 is 0 Å². The van der Waals surface area contributed by atoms with Crippen LogP contribution in [0.2, 0.25) is 0 Å². The standard InChI is InChI=1S/C14H14FN3O2/c1-3-16-13-12(9-4-6-10(15)7-5-9)18-11(8-17-13)14(19)20-2/h4-8H,3H2,1-2H3,(H,16,17). The Bertz CT molecular complexity index is 614. The van der Waals surface area contributed by atoms with Crippen LogP contribution < -0.4 is 5.32 Å². The molecule has 0 atom stereocenters. The molecule has 0 spiro atoms. The second-order valence-electron chi connectivity index (χ2n) is 3.98. The van der Waals surface area contributed by atoms with E-state index >= 15 is 0 Å². The maximum atomic E-state index is 13.0. The summed E-state index contributed by atoms with van der Waals surface area (Å²) in [5.41, 5.74) is 1.25. The normalized spacial score (nSPS) is 10.2. The van der Waals surface area contributed by atoms with Crippen LogP contribution in [0.4, 0.5) is 10.2 Å². The highest BCUT2D eigenvalue weighted by atomic mass is 19.1. The molecule has 0 bridgehead atoms. The average molecular weight is 275 g/mol. The van der Waals surface area contributed by atoms with Crippen molar-refractivity contribution in [1.82, 2.24) is 9.97 Å². The fraction of sp³-hybridized carbons (Fsp3) is 0.214. The highest BCUT2D eigenvalue weighted by Gasteiger charge is 2.14. The summed E-state index contributed by atoms with van der Waals surface area (Å²) in [5.74, 6) is -0.369. The molecule has 0 aliphatic heterocycles. The van der Waals surface area contributed by atoms with Crippen LogP contribution in [0.25, 0.3) is 11.3 Å². The molecule has 0 saturated carbocycles. The first kappa shape index (κ1) is 13.9. The highest BCUT2D eigenvalue weighted by Crippen LogP contribution is 2.24. The number of benzene rings is 1. The Morgan fingerprint density at radius 1 is 1.35 bits per heavy atom. The molecule has 0 radical (unpaired) electrons. The molecule has 6 heteroatoms. The zero-order chi connectivity index (χ0) is 14.5. The molecule has 0 aliphatic carbocycles. The smallest absolute Gasteiger partial charge is 0.358 e. The third kappa shape index (κ3) is 2.90. The molecular formula is C14H14FN3O2. The molecule has 0 fully saturated rings. The Balaban J connectivity index is 2.51. The Labute approximate surface area is 115 Å². The summed E-state index contributed by atoms with van der Waals surface area (Å²) in [6.07, 6.45) is 1.34. The number of anilines is 1. The van der Waals surface area contributed by atoms with Crippen molar-refractivity contribution in [2.24, 2.45) is 0 Å². The summed E-state index contributed by atoms with van der Waals surface area (Å²) in [6, 6.07) is 5.83. The molecular weight excluding hydrogens is 261 g/mol. The number of hydrogen-bond acceptors (Lipinski definition) is 5. The van der Waals surface area contributed by atoms with Gasteiger partial charge in [-0.2, -0.15) is 0 Å². The summed E-state index contributed by atoms with van der Waals surface area (Å²) in [6.45, 7) is 2.57. The monoisotopic (exact) mass is 275 g/mol. The van der Waals surface area contributed by atoms with E-state index in [2.05, 4.69) is 20.0 Å². The number of rotatable bonds is 4. The highest BCUT2D eigenvalue weighted by molar-refractivity contribution is 5.88. The number of esters is 1. The van der Waals surface area contributed by atoms with Crippen molar-refractivity contribution in [3.05, 3.63) is 42.0 Å². The minimum Gasteiger partial charge on any atom is -0.464 e. The Kier molecular flexibility index (Phi) is 4.24. The zero-order valence-electron chi connectivity index (χ0n) is 11.2. The van der Waals surface area contributed by atoms with Crippen LogP contribution in [0, 0.1) is 5.82 Å². The van der Waals surface area contributed by atoms with Gasteiger partial charge in [0.15, 0.2) is 11.5 Å². The molecule has 104 valence electrons. The largest absolute Gasteiger partial charge is 0.464 e. The number of nitrogens with zero attached hydrogens (tertiary/aromatic N) is 2. The van der Waals surface area contributed by atoms with Crippen molar-refractivity contribution in [1.29, 1.82) is 0 Å². The maximum Gasteiger partial charge on any atom is 0.358 e. The van der Waals surface area contributed by atoms with E-state index in [4.69, 9.17) is 0 Å². The predicted molar refractivity (Wildman–Crippen MR) is 72.9 cm³/mol. The van der Waals surface area contributed by atoms with Gasteiger partial charge < -0.3 is 10.1 Å². The molecule has 0 amide bonds. The van der Waals surface area contributed by atoms with Crippen LogP contribution in [0.5, 0.6) is 0 Å². The van der Waals surface area contributed by atoms with Crippen molar-refractivity contribution in [2.75, 3.05) is 19.0 Å². The van der Waals surface area contributed by atoms with E-state index in [1.807, 2.05) is 6.92 Å². The summed E-state index contributed by atoms with van der Waals surface area (Å²) in [4.78, 5) is 19.9. The Hall–Kier alpha value is -2.50. The molecule has 5 nitrogen and oxygen atoms in total. The van der Waals surface area contributed by atoms with Crippen molar-refractivity contribution >= 4 is 11.8 Å². The van der Waals surface area contributed by atoms with Gasteiger partial charge in [0.2, 0.25) is 0 Å². The molecule has 1 aromatic carbocycles. The van der Waals surface area contributed by atoms with E-state index in [-0.39, 0.29) is 11.5 Å². The first-order valence-electron chi connectivity index (χ1n) is 6.11. The maximum absolute atomic E-state index is 13.0. The van der Waals surface area contributed by atoms with Crippen LogP contribution in [0.3, 0.4) is 0 Å². The van der Waals surface area contributed by atoms with E-state index < -0.39 is 5.97 Å². The lowest BCUT2D eigenvalue weighted by Crippen LogP contribution is -2.09. The quantitative estimate of drug-likeness (QED) is 0.868. The minimum absolute atomic E-state index is 0.105. The van der Waals surface area contributed by atoms with Crippen molar-refractivity contribution in [2.45, 2.75) is 6.92 Å². The second-order valence-corrected chi connectivity index (χ2v) is 3.98. The van der Waals surface area contributed by atoms with Gasteiger partial charge in [-0.1, -0.05) is 0 Å². The number of ether oxygens (including phenoxy) is 1. The van der Waals surface area contributed by atoms with Gasteiger partial charge in [-0.15, -0.1) is 0 Å². The first-order valence-corrected chi connectivity index (χ1v) is 6.11. The molecule has 0 saturated heterocycles. The van der Waals surface area contributed by atoms with E-state index in [1.165, 1.54) is 25.4 Å². The minimum atomic E-state index is -0.566. The van der Waals surface area contributed by atoms with E-state index in [0.717, 1.165) is 0 Å². The van der Waals surface area contributed by atoms with Crippen LogP contribution in [-0.4, -0.2) is 29.6 Å². The van der Waals surface area contributed by atoms with Gasteiger partial charge in [0.05, 0.1) is 13.3 Å². The number of carbonyl (C=O) groups excluding carboxylic acids is 1. The van der Waals surface area contributed by atoms with Crippen LogP contribution in [-0.2, 0) is 4.74 Å². The average Bonchev–Trinajstić information content (AvgIpc) is 2.48. The molecule has 1 heterocycles. The molecule has 20 heavy (non-hydrogen) atoms. The molecule has 0 aliphatic rings. The summed E-state index contributed by atoms with van der Waals surface area (Å²) in [5, 5.41) is 3.05. The SMILES string of the molecule is CCNc1ncc(C(=O)OC)nc1-c1ccc(F)cc1. The topological polar surface area (TPSA) is 64.1 Å². The van der Waals surface area contributed by atoms with Crippen LogP contribution in [0.1, 0.15) is 17.4 Å². The Morgan fingerprint density at radius 2 is 2.05 bits per heavy atom. The van der Waals surface area contributed by atoms with Crippen LogP contribution in [0.15, 0.2) is 30.5 Å². The van der Waals surface area contributed by atoms with Gasteiger partial charge in [0.25, 0.3) is 0 Å². The summed E-state index contributed by atoms with van der Waals surface area (Å²) < 4.78 is 17.6. The second kappa shape index (κ2) is 6.10. The summed E-state index contributed by atoms with van der Waals surface area (Å²) >= 11 is 0. The fourth-order valence-electron chi connectivity index (χ4n) is 1.70. The van der Waals surface area contributed by atoms with E-state index in [0.29, 0.717) is 23.6 Å². The van der Waals surface area contributed by atoms with Crippen molar-refractivity contribution in [3.8, 4) is 11.3 Å². The van der Waals surface area contributed by atoms with Crippen molar-refractivity contribution < 1.29 is 13.9 Å². The molecule has 1 N–H and O–H groups in total. The van der Waals surface area contributed by atoms with E-state index in [1.54, 1.807) is 12.1 Å². The third-order valence-electron chi connectivity index (χ3n) is 2.63. The van der Waals surface area contributed by atoms with Gasteiger partial charge in [0.1, 0.15) is 11.5 Å². The number of hydrogen-bond donors (Lipinski definition) is 1. The Morgan fingerprint density at radius 3 is 2.65 bits per heavy atom. The van der Waals surface area contributed by atoms with Crippen molar-refractivity contribution in [3.63, 3.8) is 0 Å². The molecule has 1 aromatic heterocycles. The first-order chi connectivity index (χ1) is 9.65. The molecule has 2 rings (SSSR count).